The molecule has 2 aromatic rings. The molecule has 0 aliphatic carbocycles. The first-order chi connectivity index (χ1) is 9.97. The van der Waals surface area contributed by atoms with E-state index in [1.807, 2.05) is 39.8 Å². The molecule has 0 aliphatic heterocycles. The Morgan fingerprint density at radius 2 is 2.05 bits per heavy atom. The van der Waals surface area contributed by atoms with Crippen LogP contribution in [0, 0.1) is 0 Å². The molecule has 2 rings (SSSR count). The zero-order valence-corrected chi connectivity index (χ0v) is 12.9. The van der Waals surface area contributed by atoms with Gasteiger partial charge in [-0.05, 0) is 39.8 Å². The fourth-order valence-corrected chi connectivity index (χ4v) is 2.09. The van der Waals surface area contributed by atoms with Gasteiger partial charge in [-0.1, -0.05) is 12.1 Å². The Balaban J connectivity index is 2.15. The van der Waals surface area contributed by atoms with Crippen molar-refractivity contribution in [2.45, 2.75) is 46.3 Å². The third-order valence-electron chi connectivity index (χ3n) is 2.98. The zero-order valence-electron chi connectivity index (χ0n) is 12.9. The van der Waals surface area contributed by atoms with Crippen LogP contribution in [0.5, 0.6) is 5.75 Å². The van der Waals surface area contributed by atoms with E-state index in [1.54, 1.807) is 16.8 Å². The van der Waals surface area contributed by atoms with E-state index in [2.05, 4.69) is 10.1 Å². The van der Waals surface area contributed by atoms with Gasteiger partial charge in [0.1, 0.15) is 17.9 Å². The summed E-state index contributed by atoms with van der Waals surface area (Å²) in [7, 11) is 0. The standard InChI is InChI=1S/C16H21N3O2/c1-11(2)19-16(17-10-18-19)9-15(20)13-6-5-7-14(8-13)21-12(3)4/h5-8,10-12H,9H2,1-4H3. The van der Waals surface area contributed by atoms with E-state index in [0.717, 1.165) is 0 Å². The van der Waals surface area contributed by atoms with Crippen LogP contribution in [-0.2, 0) is 6.42 Å². The Hall–Kier alpha value is -2.17. The van der Waals surface area contributed by atoms with Crippen molar-refractivity contribution < 1.29 is 9.53 Å². The van der Waals surface area contributed by atoms with Crippen molar-refractivity contribution in [3.8, 4) is 5.75 Å². The molecule has 1 heterocycles. The normalized spacial score (nSPS) is 11.1. The molecule has 0 saturated heterocycles. The molecule has 0 spiro atoms. The highest BCUT2D eigenvalue weighted by atomic mass is 16.5. The van der Waals surface area contributed by atoms with E-state index in [4.69, 9.17) is 4.74 Å². The second-order valence-electron chi connectivity index (χ2n) is 5.51. The largest absolute Gasteiger partial charge is 0.491 e. The average Bonchev–Trinajstić information content (AvgIpc) is 2.86. The van der Waals surface area contributed by atoms with Crippen molar-refractivity contribution in [3.63, 3.8) is 0 Å². The molecule has 0 saturated carbocycles. The Bertz CT molecular complexity index is 617. The minimum absolute atomic E-state index is 0.0131. The van der Waals surface area contributed by atoms with Crippen molar-refractivity contribution >= 4 is 5.78 Å². The summed E-state index contributed by atoms with van der Waals surface area (Å²) in [6.45, 7) is 7.94. The zero-order chi connectivity index (χ0) is 15.4. The van der Waals surface area contributed by atoms with Crippen LogP contribution in [0.15, 0.2) is 30.6 Å². The van der Waals surface area contributed by atoms with Gasteiger partial charge in [-0.15, -0.1) is 0 Å². The van der Waals surface area contributed by atoms with Gasteiger partial charge in [0.2, 0.25) is 0 Å². The van der Waals surface area contributed by atoms with E-state index in [9.17, 15) is 4.79 Å². The summed E-state index contributed by atoms with van der Waals surface area (Å²) < 4.78 is 7.39. The van der Waals surface area contributed by atoms with Crippen LogP contribution < -0.4 is 4.74 Å². The second-order valence-corrected chi connectivity index (χ2v) is 5.51. The molecule has 0 amide bonds. The topological polar surface area (TPSA) is 57.0 Å². The Labute approximate surface area is 125 Å². The number of aromatic nitrogens is 3. The first-order valence-corrected chi connectivity index (χ1v) is 7.15. The number of nitrogens with zero attached hydrogens (tertiary/aromatic N) is 3. The fraction of sp³-hybridized carbons (Fsp3) is 0.438. The van der Waals surface area contributed by atoms with Gasteiger partial charge in [-0.3, -0.25) is 4.79 Å². The fourth-order valence-electron chi connectivity index (χ4n) is 2.09. The number of rotatable bonds is 6. The smallest absolute Gasteiger partial charge is 0.170 e. The Kier molecular flexibility index (Phi) is 4.73. The van der Waals surface area contributed by atoms with Crippen molar-refractivity contribution in [1.29, 1.82) is 0 Å². The maximum absolute atomic E-state index is 12.4. The lowest BCUT2D eigenvalue weighted by Crippen LogP contribution is -2.13. The first kappa shape index (κ1) is 15.2. The summed E-state index contributed by atoms with van der Waals surface area (Å²) in [5.41, 5.74) is 0.631. The maximum Gasteiger partial charge on any atom is 0.170 e. The van der Waals surface area contributed by atoms with Crippen LogP contribution in [0.4, 0.5) is 0 Å². The van der Waals surface area contributed by atoms with E-state index in [0.29, 0.717) is 17.1 Å². The van der Waals surface area contributed by atoms with Gasteiger partial charge >= 0.3 is 0 Å². The minimum Gasteiger partial charge on any atom is -0.491 e. The Morgan fingerprint density at radius 3 is 2.71 bits per heavy atom. The molecule has 5 heteroatoms. The summed E-state index contributed by atoms with van der Waals surface area (Å²) >= 11 is 0. The summed E-state index contributed by atoms with van der Waals surface area (Å²) in [5.74, 6) is 1.41. The number of Topliss-reactive ketones (excluding diaryl/α,β-unsaturated/α-hetero) is 1. The van der Waals surface area contributed by atoms with Crippen LogP contribution in [0.2, 0.25) is 0 Å². The van der Waals surface area contributed by atoms with E-state index in [-0.39, 0.29) is 24.3 Å². The number of ketones is 1. The molecule has 0 atom stereocenters. The lowest BCUT2D eigenvalue weighted by atomic mass is 10.1. The first-order valence-electron chi connectivity index (χ1n) is 7.15. The molecule has 0 N–H and O–H groups in total. The highest BCUT2D eigenvalue weighted by Gasteiger charge is 2.14. The van der Waals surface area contributed by atoms with Gasteiger partial charge in [0.15, 0.2) is 5.78 Å². The molecule has 5 nitrogen and oxygen atoms in total. The number of carbonyl (C=O) groups is 1. The number of hydrogen-bond acceptors (Lipinski definition) is 4. The Morgan fingerprint density at radius 1 is 1.29 bits per heavy atom. The quantitative estimate of drug-likeness (QED) is 0.766. The number of hydrogen-bond donors (Lipinski definition) is 0. The minimum atomic E-state index is 0.0131. The predicted molar refractivity (Wildman–Crippen MR) is 80.6 cm³/mol. The van der Waals surface area contributed by atoms with E-state index in [1.165, 1.54) is 6.33 Å². The van der Waals surface area contributed by atoms with Crippen LogP contribution in [0.25, 0.3) is 0 Å². The van der Waals surface area contributed by atoms with Crippen LogP contribution >= 0.6 is 0 Å². The second kappa shape index (κ2) is 6.52. The predicted octanol–water partition coefficient (Wildman–Crippen LogP) is 3.07. The van der Waals surface area contributed by atoms with Crippen molar-refractivity contribution in [1.82, 2.24) is 14.8 Å². The lowest BCUT2D eigenvalue weighted by Gasteiger charge is -2.11. The summed E-state index contributed by atoms with van der Waals surface area (Å²) in [6.07, 6.45) is 1.81. The van der Waals surface area contributed by atoms with Crippen molar-refractivity contribution in [3.05, 3.63) is 42.0 Å². The number of ether oxygens (including phenoxy) is 1. The molecule has 0 unspecified atom stereocenters. The average molecular weight is 287 g/mol. The number of carbonyl (C=O) groups excluding carboxylic acids is 1. The van der Waals surface area contributed by atoms with Gasteiger partial charge < -0.3 is 4.74 Å². The van der Waals surface area contributed by atoms with Crippen molar-refractivity contribution in [2.75, 3.05) is 0 Å². The van der Waals surface area contributed by atoms with Gasteiger partial charge in [-0.2, -0.15) is 5.10 Å². The SMILES string of the molecule is CC(C)Oc1cccc(C(=O)Cc2ncnn2C(C)C)c1. The molecular weight excluding hydrogens is 266 g/mol. The van der Waals surface area contributed by atoms with Crippen LogP contribution in [0.3, 0.4) is 0 Å². The summed E-state index contributed by atoms with van der Waals surface area (Å²) in [4.78, 5) is 16.6. The molecule has 1 aromatic heterocycles. The van der Waals surface area contributed by atoms with Gasteiger partial charge in [0, 0.05) is 11.6 Å². The van der Waals surface area contributed by atoms with E-state index >= 15 is 0 Å². The number of benzene rings is 1. The highest BCUT2D eigenvalue weighted by molar-refractivity contribution is 5.97. The molecule has 21 heavy (non-hydrogen) atoms. The molecular formula is C16H21N3O2. The molecule has 0 bridgehead atoms. The molecule has 0 radical (unpaired) electrons. The van der Waals surface area contributed by atoms with Gasteiger partial charge in [-0.25, -0.2) is 9.67 Å². The van der Waals surface area contributed by atoms with Crippen LogP contribution in [0.1, 0.15) is 49.9 Å². The molecule has 0 fully saturated rings. The van der Waals surface area contributed by atoms with Crippen molar-refractivity contribution in [2.24, 2.45) is 0 Å². The lowest BCUT2D eigenvalue weighted by molar-refractivity contribution is 0.0988. The third-order valence-corrected chi connectivity index (χ3v) is 2.98. The third kappa shape index (κ3) is 3.90. The van der Waals surface area contributed by atoms with Gasteiger partial charge in [0.25, 0.3) is 0 Å². The monoisotopic (exact) mass is 287 g/mol. The van der Waals surface area contributed by atoms with Gasteiger partial charge in [0.05, 0.1) is 12.5 Å². The molecule has 0 aliphatic rings. The summed E-state index contributed by atoms with van der Waals surface area (Å²) in [6, 6.07) is 7.45. The van der Waals surface area contributed by atoms with Crippen LogP contribution in [-0.4, -0.2) is 26.7 Å². The maximum atomic E-state index is 12.4. The van der Waals surface area contributed by atoms with E-state index < -0.39 is 0 Å². The summed E-state index contributed by atoms with van der Waals surface area (Å²) in [5, 5.41) is 4.15. The highest BCUT2D eigenvalue weighted by Crippen LogP contribution is 2.17. The molecule has 1 aromatic carbocycles. The molecule has 112 valence electrons.